The summed E-state index contributed by atoms with van der Waals surface area (Å²) in [6, 6.07) is 6.01. The number of amides is 2. The summed E-state index contributed by atoms with van der Waals surface area (Å²) in [5.41, 5.74) is 2.08. The second-order valence-corrected chi connectivity index (χ2v) is 6.29. The van der Waals surface area contributed by atoms with E-state index in [1.807, 2.05) is 45.9 Å². The fourth-order valence-electron chi connectivity index (χ4n) is 1.92. The lowest BCUT2D eigenvalue weighted by molar-refractivity contribution is -0.132. The monoisotopic (exact) mass is 366 g/mol. The molecule has 0 saturated heterocycles. The Balaban J connectivity index is 2.72. The van der Waals surface area contributed by atoms with Crippen molar-refractivity contribution in [2.45, 2.75) is 33.7 Å². The maximum Gasteiger partial charge on any atom is 0.247 e. The molecule has 1 N–H and O–H groups in total. The number of carbonyl (C=O) groups excluding carboxylic acids is 2. The van der Waals surface area contributed by atoms with Crippen LogP contribution in [0.4, 0.5) is 0 Å². The third kappa shape index (κ3) is 6.02. The van der Waals surface area contributed by atoms with Gasteiger partial charge in [-0.25, -0.2) is 0 Å². The van der Waals surface area contributed by atoms with Crippen molar-refractivity contribution in [1.82, 2.24) is 10.2 Å². The highest BCUT2D eigenvalue weighted by molar-refractivity contribution is 9.10. The summed E-state index contributed by atoms with van der Waals surface area (Å²) in [7, 11) is 0. The molecule has 0 aliphatic rings. The number of hydrogen-bond acceptors (Lipinski definition) is 2. The average molecular weight is 367 g/mol. The minimum Gasteiger partial charge on any atom is -0.352 e. The maximum absolute atomic E-state index is 12.2. The highest BCUT2D eigenvalue weighted by Crippen LogP contribution is 2.19. The van der Waals surface area contributed by atoms with Gasteiger partial charge in [0.2, 0.25) is 11.8 Å². The molecule has 0 atom stereocenters. The Kier molecular flexibility index (Phi) is 7.32. The SMILES string of the molecule is CCN(CC(=O)NC(C)C)C(=O)C=Cc1ccc(C)cc1Br. The Bertz CT molecular complexity index is 568. The van der Waals surface area contributed by atoms with Crippen molar-refractivity contribution >= 4 is 33.8 Å². The van der Waals surface area contributed by atoms with Gasteiger partial charge >= 0.3 is 0 Å². The van der Waals surface area contributed by atoms with E-state index in [2.05, 4.69) is 21.2 Å². The molecular formula is C17H23BrN2O2. The van der Waals surface area contributed by atoms with E-state index < -0.39 is 0 Å². The normalized spacial score (nSPS) is 11.0. The van der Waals surface area contributed by atoms with Crippen LogP contribution in [0.5, 0.6) is 0 Å². The molecule has 0 spiro atoms. The van der Waals surface area contributed by atoms with E-state index in [1.54, 1.807) is 6.08 Å². The molecule has 0 aliphatic carbocycles. The smallest absolute Gasteiger partial charge is 0.247 e. The van der Waals surface area contributed by atoms with Gasteiger partial charge in [-0.3, -0.25) is 9.59 Å². The predicted octanol–water partition coefficient (Wildman–Crippen LogP) is 3.14. The zero-order valence-corrected chi connectivity index (χ0v) is 15.1. The van der Waals surface area contributed by atoms with Crippen LogP contribution in [0.15, 0.2) is 28.7 Å². The van der Waals surface area contributed by atoms with E-state index >= 15 is 0 Å². The van der Waals surface area contributed by atoms with Crippen LogP contribution >= 0.6 is 15.9 Å². The molecule has 1 aromatic carbocycles. The largest absolute Gasteiger partial charge is 0.352 e. The lowest BCUT2D eigenvalue weighted by atomic mass is 10.1. The number of benzene rings is 1. The quantitative estimate of drug-likeness (QED) is 0.786. The van der Waals surface area contributed by atoms with Crippen molar-refractivity contribution in [1.29, 1.82) is 0 Å². The van der Waals surface area contributed by atoms with Gasteiger partial charge < -0.3 is 10.2 Å². The molecule has 1 rings (SSSR count). The summed E-state index contributed by atoms with van der Waals surface area (Å²) in [6.45, 7) is 8.22. The van der Waals surface area contributed by atoms with Crippen molar-refractivity contribution in [2.75, 3.05) is 13.1 Å². The van der Waals surface area contributed by atoms with Crippen molar-refractivity contribution in [3.05, 3.63) is 39.9 Å². The molecule has 22 heavy (non-hydrogen) atoms. The van der Waals surface area contributed by atoms with Crippen LogP contribution in [0.3, 0.4) is 0 Å². The van der Waals surface area contributed by atoms with Crippen LogP contribution in [0.2, 0.25) is 0 Å². The second-order valence-electron chi connectivity index (χ2n) is 5.43. The van der Waals surface area contributed by atoms with Gasteiger partial charge in [0.25, 0.3) is 0 Å². The van der Waals surface area contributed by atoms with Gasteiger partial charge in [-0.1, -0.05) is 28.1 Å². The summed E-state index contributed by atoms with van der Waals surface area (Å²) in [5, 5.41) is 2.79. The standard InChI is InChI=1S/C17H23BrN2O2/c1-5-20(11-16(21)19-12(2)3)17(22)9-8-14-7-6-13(4)10-15(14)18/h6-10,12H,5,11H2,1-4H3,(H,19,21). The molecule has 0 unspecified atom stereocenters. The molecule has 0 saturated carbocycles. The molecule has 0 radical (unpaired) electrons. The Morgan fingerprint density at radius 3 is 2.59 bits per heavy atom. The molecule has 0 aromatic heterocycles. The molecule has 120 valence electrons. The van der Waals surface area contributed by atoms with E-state index in [9.17, 15) is 9.59 Å². The highest BCUT2D eigenvalue weighted by atomic mass is 79.9. The average Bonchev–Trinajstić information content (AvgIpc) is 2.42. The molecule has 0 aliphatic heterocycles. The number of halogens is 1. The number of nitrogens with one attached hydrogen (secondary N) is 1. The number of carbonyl (C=O) groups is 2. The minimum absolute atomic E-state index is 0.0698. The topological polar surface area (TPSA) is 49.4 Å². The second kappa shape index (κ2) is 8.73. The number of likely N-dealkylation sites (N-methyl/N-ethyl adjacent to an activating group) is 1. The van der Waals surface area contributed by atoms with Gasteiger partial charge in [0.05, 0.1) is 6.54 Å². The summed E-state index contributed by atoms with van der Waals surface area (Å²) in [5.74, 6) is -0.316. The fourth-order valence-corrected chi connectivity index (χ4v) is 2.55. The van der Waals surface area contributed by atoms with Crippen molar-refractivity contribution in [2.24, 2.45) is 0 Å². The highest BCUT2D eigenvalue weighted by Gasteiger charge is 2.13. The van der Waals surface area contributed by atoms with Gasteiger partial charge in [-0.05, 0) is 51.0 Å². The Labute approximate surface area is 140 Å². The van der Waals surface area contributed by atoms with Crippen LogP contribution in [-0.2, 0) is 9.59 Å². The molecule has 0 bridgehead atoms. The zero-order chi connectivity index (χ0) is 16.7. The first-order chi connectivity index (χ1) is 10.3. The molecule has 2 amide bonds. The summed E-state index contributed by atoms with van der Waals surface area (Å²) in [6.07, 6.45) is 3.26. The van der Waals surface area contributed by atoms with Crippen LogP contribution in [0, 0.1) is 6.92 Å². The first-order valence-corrected chi connectivity index (χ1v) is 8.15. The lowest BCUT2D eigenvalue weighted by Gasteiger charge is -2.19. The molecule has 0 fully saturated rings. The number of rotatable bonds is 6. The van der Waals surface area contributed by atoms with Crippen LogP contribution in [0.1, 0.15) is 31.9 Å². The molecule has 4 nitrogen and oxygen atoms in total. The van der Waals surface area contributed by atoms with Crippen molar-refractivity contribution < 1.29 is 9.59 Å². The summed E-state index contributed by atoms with van der Waals surface area (Å²) >= 11 is 3.48. The summed E-state index contributed by atoms with van der Waals surface area (Å²) < 4.78 is 0.942. The van der Waals surface area contributed by atoms with E-state index in [4.69, 9.17) is 0 Å². The third-order valence-corrected chi connectivity index (χ3v) is 3.73. The van der Waals surface area contributed by atoms with Gasteiger partial charge in [0.15, 0.2) is 0 Å². The summed E-state index contributed by atoms with van der Waals surface area (Å²) in [4.78, 5) is 25.5. The van der Waals surface area contributed by atoms with E-state index in [-0.39, 0.29) is 24.4 Å². The fraction of sp³-hybridized carbons (Fsp3) is 0.412. The zero-order valence-electron chi connectivity index (χ0n) is 13.5. The number of hydrogen-bond donors (Lipinski definition) is 1. The van der Waals surface area contributed by atoms with Gasteiger partial charge in [-0.2, -0.15) is 0 Å². The van der Waals surface area contributed by atoms with Gasteiger partial charge in [0, 0.05) is 23.1 Å². The Hall–Kier alpha value is -1.62. The predicted molar refractivity (Wildman–Crippen MR) is 93.4 cm³/mol. The Morgan fingerprint density at radius 1 is 1.36 bits per heavy atom. The molecule has 1 aromatic rings. The first-order valence-electron chi connectivity index (χ1n) is 7.36. The van der Waals surface area contributed by atoms with Crippen molar-refractivity contribution in [3.63, 3.8) is 0 Å². The van der Waals surface area contributed by atoms with Crippen LogP contribution < -0.4 is 5.32 Å². The van der Waals surface area contributed by atoms with E-state index in [1.165, 1.54) is 11.0 Å². The van der Waals surface area contributed by atoms with Crippen LogP contribution in [-0.4, -0.2) is 35.8 Å². The minimum atomic E-state index is -0.172. The van der Waals surface area contributed by atoms with Gasteiger partial charge in [0.1, 0.15) is 0 Å². The van der Waals surface area contributed by atoms with E-state index in [0.717, 1.165) is 15.6 Å². The molecular weight excluding hydrogens is 344 g/mol. The van der Waals surface area contributed by atoms with Gasteiger partial charge in [-0.15, -0.1) is 0 Å². The maximum atomic E-state index is 12.2. The van der Waals surface area contributed by atoms with Crippen molar-refractivity contribution in [3.8, 4) is 0 Å². The third-order valence-electron chi connectivity index (χ3n) is 3.04. The lowest BCUT2D eigenvalue weighted by Crippen LogP contribution is -2.42. The van der Waals surface area contributed by atoms with Crippen LogP contribution in [0.25, 0.3) is 6.08 Å². The first kappa shape index (κ1) is 18.4. The number of aryl methyl sites for hydroxylation is 1. The van der Waals surface area contributed by atoms with E-state index in [0.29, 0.717) is 6.54 Å². The molecule has 0 heterocycles. The Morgan fingerprint density at radius 2 is 2.05 bits per heavy atom. The molecule has 5 heteroatoms. The number of nitrogens with zero attached hydrogens (tertiary/aromatic N) is 1.